The first-order chi connectivity index (χ1) is 10.1. The van der Waals surface area contributed by atoms with Crippen molar-refractivity contribution in [2.45, 2.75) is 52.0 Å². The molecule has 0 amide bonds. The minimum absolute atomic E-state index is 0.398. The molecule has 1 unspecified atom stereocenters. The van der Waals surface area contributed by atoms with E-state index in [9.17, 15) is 0 Å². The third kappa shape index (κ3) is 4.06. The number of likely N-dealkylation sites (tertiary alicyclic amines) is 1. The molecular weight excluding hydrogens is 262 g/mol. The van der Waals surface area contributed by atoms with Gasteiger partial charge in [-0.1, -0.05) is 20.8 Å². The Balaban J connectivity index is 2.10. The summed E-state index contributed by atoms with van der Waals surface area (Å²) < 4.78 is 0. The normalized spacial score (nSPS) is 19.2. The van der Waals surface area contributed by atoms with Crippen molar-refractivity contribution < 1.29 is 0 Å². The van der Waals surface area contributed by atoms with Gasteiger partial charge in [0.1, 0.15) is 18.0 Å². The molecule has 5 heteroatoms. The van der Waals surface area contributed by atoms with Crippen LogP contribution < -0.4 is 10.6 Å². The summed E-state index contributed by atoms with van der Waals surface area (Å²) in [5.74, 6) is 2.36. The zero-order valence-electron chi connectivity index (χ0n) is 13.8. The van der Waals surface area contributed by atoms with Gasteiger partial charge >= 0.3 is 0 Å². The Hall–Kier alpha value is -1.36. The third-order valence-electron chi connectivity index (χ3n) is 4.18. The second kappa shape index (κ2) is 7.59. The first-order valence-corrected chi connectivity index (χ1v) is 8.16. The van der Waals surface area contributed by atoms with Gasteiger partial charge in [0.2, 0.25) is 0 Å². The van der Waals surface area contributed by atoms with Crippen molar-refractivity contribution in [3.8, 4) is 0 Å². The van der Waals surface area contributed by atoms with Gasteiger partial charge in [0.15, 0.2) is 0 Å². The maximum atomic E-state index is 4.47. The van der Waals surface area contributed by atoms with Gasteiger partial charge in [-0.25, -0.2) is 9.97 Å². The van der Waals surface area contributed by atoms with Crippen molar-refractivity contribution in [2.75, 3.05) is 37.3 Å². The highest BCUT2D eigenvalue weighted by atomic mass is 15.2. The molecule has 5 nitrogen and oxygen atoms in total. The largest absolute Gasteiger partial charge is 0.370 e. The molecule has 1 aliphatic heterocycles. The van der Waals surface area contributed by atoms with Crippen LogP contribution in [0.5, 0.6) is 0 Å². The van der Waals surface area contributed by atoms with Gasteiger partial charge in [-0.2, -0.15) is 0 Å². The highest BCUT2D eigenvalue weighted by Crippen LogP contribution is 2.28. The number of anilines is 2. The van der Waals surface area contributed by atoms with Crippen molar-refractivity contribution in [1.82, 2.24) is 14.9 Å². The van der Waals surface area contributed by atoms with Crippen LogP contribution in [0.1, 0.15) is 51.5 Å². The molecule has 0 aromatic carbocycles. The molecule has 2 heterocycles. The van der Waals surface area contributed by atoms with E-state index in [0.29, 0.717) is 12.0 Å². The van der Waals surface area contributed by atoms with Crippen LogP contribution in [0, 0.1) is 0 Å². The number of nitrogens with zero attached hydrogens (tertiary/aromatic N) is 3. The number of likely N-dealkylation sites (N-methyl/N-ethyl adjacent to an activating group) is 1. The molecule has 118 valence electrons. The molecule has 1 fully saturated rings. The lowest BCUT2D eigenvalue weighted by atomic mass is 10.0. The summed E-state index contributed by atoms with van der Waals surface area (Å²) in [7, 11) is 2.21. The second-order valence-corrected chi connectivity index (χ2v) is 6.22. The molecule has 1 saturated heterocycles. The van der Waals surface area contributed by atoms with E-state index in [1.54, 1.807) is 6.33 Å². The first kappa shape index (κ1) is 16.0. The van der Waals surface area contributed by atoms with E-state index in [-0.39, 0.29) is 0 Å². The fourth-order valence-electron chi connectivity index (χ4n) is 2.92. The average molecular weight is 291 g/mol. The Labute approximate surface area is 128 Å². The van der Waals surface area contributed by atoms with Crippen LogP contribution in [0.2, 0.25) is 0 Å². The van der Waals surface area contributed by atoms with E-state index in [0.717, 1.165) is 31.1 Å². The van der Waals surface area contributed by atoms with Crippen LogP contribution in [0.4, 0.5) is 11.6 Å². The molecular formula is C16H29N5. The maximum absolute atomic E-state index is 4.47. The summed E-state index contributed by atoms with van der Waals surface area (Å²) in [5.41, 5.74) is 1.20. The highest BCUT2D eigenvalue weighted by molar-refractivity contribution is 5.59. The van der Waals surface area contributed by atoms with E-state index in [1.165, 1.54) is 24.9 Å². The second-order valence-electron chi connectivity index (χ2n) is 6.22. The van der Waals surface area contributed by atoms with Crippen molar-refractivity contribution >= 4 is 11.6 Å². The summed E-state index contributed by atoms with van der Waals surface area (Å²) in [6.45, 7) is 9.67. The fraction of sp³-hybridized carbons (Fsp3) is 0.750. The van der Waals surface area contributed by atoms with Crippen LogP contribution in [-0.2, 0) is 0 Å². The summed E-state index contributed by atoms with van der Waals surface area (Å²) in [6, 6.07) is 0.618. The number of hydrogen-bond donors (Lipinski definition) is 2. The van der Waals surface area contributed by atoms with Gasteiger partial charge in [0, 0.05) is 24.7 Å². The van der Waals surface area contributed by atoms with Crippen LogP contribution in [0.25, 0.3) is 0 Å². The van der Waals surface area contributed by atoms with Crippen molar-refractivity contribution in [1.29, 1.82) is 0 Å². The zero-order valence-corrected chi connectivity index (χ0v) is 13.8. The molecule has 1 aromatic rings. The fourth-order valence-corrected chi connectivity index (χ4v) is 2.92. The van der Waals surface area contributed by atoms with Crippen LogP contribution >= 0.6 is 0 Å². The SMILES string of the molecule is CCCNc1ncnc(NCC2CCCN2C)c1C(C)C. The van der Waals surface area contributed by atoms with Crippen LogP contribution in [-0.4, -0.2) is 47.6 Å². The highest BCUT2D eigenvalue weighted by Gasteiger charge is 2.22. The van der Waals surface area contributed by atoms with Crippen LogP contribution in [0.3, 0.4) is 0 Å². The predicted molar refractivity (Wildman–Crippen MR) is 89.0 cm³/mol. The summed E-state index contributed by atoms with van der Waals surface area (Å²) in [5, 5.41) is 6.97. The minimum Gasteiger partial charge on any atom is -0.370 e. The number of rotatable bonds is 7. The number of aromatic nitrogens is 2. The van der Waals surface area contributed by atoms with Gasteiger partial charge in [0.05, 0.1) is 0 Å². The van der Waals surface area contributed by atoms with Gasteiger partial charge in [0.25, 0.3) is 0 Å². The lowest BCUT2D eigenvalue weighted by Gasteiger charge is -2.22. The molecule has 2 rings (SSSR count). The van der Waals surface area contributed by atoms with Crippen molar-refractivity contribution in [3.63, 3.8) is 0 Å². The van der Waals surface area contributed by atoms with Crippen molar-refractivity contribution in [3.05, 3.63) is 11.9 Å². The standard InChI is InChI=1S/C16H29N5/c1-5-8-17-15-14(12(2)3)16(20-11-19-15)18-10-13-7-6-9-21(13)4/h11-13H,5-10H2,1-4H3,(H2,17,18,19,20). The van der Waals surface area contributed by atoms with Gasteiger partial charge in [-0.3, -0.25) is 0 Å². The van der Waals surface area contributed by atoms with E-state index >= 15 is 0 Å². The molecule has 0 aliphatic carbocycles. The third-order valence-corrected chi connectivity index (χ3v) is 4.18. The molecule has 2 N–H and O–H groups in total. The number of nitrogens with one attached hydrogen (secondary N) is 2. The van der Waals surface area contributed by atoms with Gasteiger partial charge in [-0.05, 0) is 38.8 Å². The Kier molecular flexibility index (Phi) is 5.79. The zero-order chi connectivity index (χ0) is 15.2. The quantitative estimate of drug-likeness (QED) is 0.809. The van der Waals surface area contributed by atoms with E-state index in [4.69, 9.17) is 0 Å². The predicted octanol–water partition coefficient (Wildman–Crippen LogP) is 2.93. The Morgan fingerprint density at radius 2 is 2.00 bits per heavy atom. The average Bonchev–Trinajstić information content (AvgIpc) is 2.87. The molecule has 21 heavy (non-hydrogen) atoms. The Morgan fingerprint density at radius 3 is 2.57 bits per heavy atom. The number of hydrogen-bond acceptors (Lipinski definition) is 5. The van der Waals surface area contributed by atoms with Crippen molar-refractivity contribution in [2.24, 2.45) is 0 Å². The molecule has 0 saturated carbocycles. The topological polar surface area (TPSA) is 53.1 Å². The Bertz CT molecular complexity index is 446. The lowest BCUT2D eigenvalue weighted by molar-refractivity contribution is 0.322. The lowest BCUT2D eigenvalue weighted by Crippen LogP contribution is -2.32. The van der Waals surface area contributed by atoms with E-state index in [2.05, 4.69) is 53.3 Å². The summed E-state index contributed by atoms with van der Waals surface area (Å²) in [4.78, 5) is 11.3. The molecule has 1 atom stereocenters. The summed E-state index contributed by atoms with van der Waals surface area (Å²) in [6.07, 6.45) is 5.32. The summed E-state index contributed by atoms with van der Waals surface area (Å²) >= 11 is 0. The Morgan fingerprint density at radius 1 is 1.29 bits per heavy atom. The first-order valence-electron chi connectivity index (χ1n) is 8.16. The molecule has 1 aromatic heterocycles. The smallest absolute Gasteiger partial charge is 0.135 e. The van der Waals surface area contributed by atoms with Gasteiger partial charge in [-0.15, -0.1) is 0 Å². The minimum atomic E-state index is 0.398. The molecule has 1 aliphatic rings. The van der Waals surface area contributed by atoms with E-state index in [1.807, 2.05) is 0 Å². The monoisotopic (exact) mass is 291 g/mol. The van der Waals surface area contributed by atoms with Gasteiger partial charge < -0.3 is 15.5 Å². The molecule has 0 radical (unpaired) electrons. The molecule has 0 bridgehead atoms. The van der Waals surface area contributed by atoms with Crippen LogP contribution in [0.15, 0.2) is 6.33 Å². The molecule has 0 spiro atoms. The maximum Gasteiger partial charge on any atom is 0.135 e. The van der Waals surface area contributed by atoms with E-state index < -0.39 is 0 Å².